The van der Waals surface area contributed by atoms with Crippen molar-refractivity contribution in [1.29, 1.82) is 0 Å². The fraction of sp³-hybridized carbons (Fsp3) is 0.706. The number of carbonyl (C=O) groups is 1. The van der Waals surface area contributed by atoms with Gasteiger partial charge in [0.2, 0.25) is 0 Å². The molecule has 0 spiro atoms. The summed E-state index contributed by atoms with van der Waals surface area (Å²) in [6.07, 6.45) is 3.86. The van der Waals surface area contributed by atoms with Crippen LogP contribution in [-0.4, -0.2) is 23.8 Å². The second-order valence-corrected chi connectivity index (χ2v) is 9.72. The molecule has 0 aromatic carbocycles. The molecule has 1 unspecified atom stereocenters. The van der Waals surface area contributed by atoms with E-state index in [0.29, 0.717) is 12.1 Å². The molecule has 1 aromatic rings. The zero-order valence-electron chi connectivity index (χ0n) is 14.3. The van der Waals surface area contributed by atoms with Crippen molar-refractivity contribution in [3.05, 3.63) is 20.8 Å². The molecule has 6 heteroatoms. The molecule has 0 radical (unpaired) electrons. The van der Waals surface area contributed by atoms with Crippen molar-refractivity contribution in [1.82, 2.24) is 10.6 Å². The fourth-order valence-corrected chi connectivity index (χ4v) is 4.31. The summed E-state index contributed by atoms with van der Waals surface area (Å²) < 4.78 is 6.50. The van der Waals surface area contributed by atoms with E-state index in [4.69, 9.17) is 4.74 Å². The summed E-state index contributed by atoms with van der Waals surface area (Å²) in [4.78, 5) is 13.2. The van der Waals surface area contributed by atoms with Gasteiger partial charge in [0, 0.05) is 23.0 Å². The van der Waals surface area contributed by atoms with Gasteiger partial charge in [-0.2, -0.15) is 0 Å². The van der Waals surface area contributed by atoms with Gasteiger partial charge in [0.25, 0.3) is 0 Å². The molecule has 1 heterocycles. The second kappa shape index (κ2) is 7.99. The first-order chi connectivity index (χ1) is 10.7. The Bertz CT molecular complexity index is 519. The minimum atomic E-state index is -0.437. The van der Waals surface area contributed by atoms with Gasteiger partial charge in [-0.25, -0.2) is 4.79 Å². The minimum absolute atomic E-state index is 0.231. The molecule has 1 fully saturated rings. The van der Waals surface area contributed by atoms with Crippen LogP contribution in [0.15, 0.2) is 15.9 Å². The standard InChI is InChI=1S/C17H27BrN2O2S/c1-11(14-9-10-15(18)23-14)19-12-5-7-13(8-6-12)20-16(21)22-17(2,3)4/h9-13,19H,5-8H2,1-4H3,(H,20,21). The second-order valence-electron chi connectivity index (χ2n) is 7.23. The Hall–Kier alpha value is -0.590. The lowest BCUT2D eigenvalue weighted by molar-refractivity contribution is 0.0489. The van der Waals surface area contributed by atoms with Crippen LogP contribution in [0.1, 0.15) is 64.3 Å². The number of alkyl carbamates (subject to hydrolysis) is 1. The Morgan fingerprint density at radius 2 is 1.87 bits per heavy atom. The van der Waals surface area contributed by atoms with Crippen LogP contribution in [0, 0.1) is 0 Å². The summed E-state index contributed by atoms with van der Waals surface area (Å²) in [5, 5.41) is 6.70. The third-order valence-corrected chi connectivity index (χ3v) is 5.76. The molecule has 0 saturated heterocycles. The predicted octanol–water partition coefficient (Wildman–Crippen LogP) is 5.00. The molecule has 130 valence electrons. The summed E-state index contributed by atoms with van der Waals surface area (Å²) in [6, 6.07) is 5.38. The van der Waals surface area contributed by atoms with Crippen LogP contribution < -0.4 is 10.6 Å². The first-order valence-corrected chi connectivity index (χ1v) is 9.84. The molecule has 1 aliphatic rings. The first kappa shape index (κ1) is 18.7. The number of carbonyl (C=O) groups excluding carboxylic acids is 1. The number of nitrogens with one attached hydrogen (secondary N) is 2. The SMILES string of the molecule is CC(NC1CCC(NC(=O)OC(C)(C)C)CC1)c1ccc(Br)s1. The highest BCUT2D eigenvalue weighted by molar-refractivity contribution is 9.11. The molecule has 1 saturated carbocycles. The molecule has 0 bridgehead atoms. The Morgan fingerprint density at radius 1 is 1.26 bits per heavy atom. The highest BCUT2D eigenvalue weighted by atomic mass is 79.9. The van der Waals surface area contributed by atoms with Gasteiger partial charge in [-0.3, -0.25) is 0 Å². The minimum Gasteiger partial charge on any atom is -0.444 e. The van der Waals surface area contributed by atoms with Crippen molar-refractivity contribution in [2.45, 2.75) is 77.1 Å². The van der Waals surface area contributed by atoms with Crippen LogP contribution in [0.2, 0.25) is 0 Å². The molecule has 0 aliphatic heterocycles. The van der Waals surface area contributed by atoms with Gasteiger partial charge in [-0.05, 0) is 81.4 Å². The Labute approximate surface area is 151 Å². The van der Waals surface area contributed by atoms with Crippen molar-refractivity contribution in [3.8, 4) is 0 Å². The van der Waals surface area contributed by atoms with E-state index in [1.165, 1.54) is 8.66 Å². The van der Waals surface area contributed by atoms with Crippen LogP contribution in [0.3, 0.4) is 0 Å². The molecule has 2 N–H and O–H groups in total. The van der Waals surface area contributed by atoms with Crippen LogP contribution in [0.5, 0.6) is 0 Å². The van der Waals surface area contributed by atoms with Crippen molar-refractivity contribution in [2.24, 2.45) is 0 Å². The van der Waals surface area contributed by atoms with E-state index < -0.39 is 5.60 Å². The van der Waals surface area contributed by atoms with E-state index >= 15 is 0 Å². The largest absolute Gasteiger partial charge is 0.444 e. The van der Waals surface area contributed by atoms with Crippen LogP contribution in [-0.2, 0) is 4.74 Å². The summed E-state index contributed by atoms with van der Waals surface area (Å²) in [6.45, 7) is 7.87. The first-order valence-electron chi connectivity index (χ1n) is 8.24. The average Bonchev–Trinajstić information content (AvgIpc) is 2.85. The molecular formula is C17H27BrN2O2S. The number of thiophene rings is 1. The number of halogens is 1. The molecule has 23 heavy (non-hydrogen) atoms. The summed E-state index contributed by atoms with van der Waals surface area (Å²) >= 11 is 5.29. The summed E-state index contributed by atoms with van der Waals surface area (Å²) in [7, 11) is 0. The number of hydrogen-bond acceptors (Lipinski definition) is 4. The zero-order chi connectivity index (χ0) is 17.0. The fourth-order valence-electron chi connectivity index (χ4n) is 2.88. The summed E-state index contributed by atoms with van der Waals surface area (Å²) in [5.41, 5.74) is -0.437. The number of rotatable bonds is 4. The maximum absolute atomic E-state index is 11.8. The van der Waals surface area contributed by atoms with Gasteiger partial charge in [0.05, 0.1) is 3.79 Å². The monoisotopic (exact) mass is 402 g/mol. The van der Waals surface area contributed by atoms with E-state index in [0.717, 1.165) is 25.7 Å². The van der Waals surface area contributed by atoms with Crippen LogP contribution >= 0.6 is 27.3 Å². The predicted molar refractivity (Wildman–Crippen MR) is 99.0 cm³/mol. The zero-order valence-corrected chi connectivity index (χ0v) is 16.7. The topological polar surface area (TPSA) is 50.4 Å². The van der Waals surface area contributed by atoms with Crippen molar-refractivity contribution >= 4 is 33.4 Å². The highest BCUT2D eigenvalue weighted by Gasteiger charge is 2.25. The molecule has 1 aromatic heterocycles. The van der Waals surface area contributed by atoms with Crippen LogP contribution in [0.4, 0.5) is 4.79 Å². The maximum atomic E-state index is 11.8. The molecule has 2 rings (SSSR count). The number of ether oxygens (including phenoxy) is 1. The number of hydrogen-bond donors (Lipinski definition) is 2. The Kier molecular flexibility index (Phi) is 6.51. The third-order valence-electron chi connectivity index (χ3n) is 3.95. The van der Waals surface area contributed by atoms with E-state index in [-0.39, 0.29) is 12.1 Å². The van der Waals surface area contributed by atoms with E-state index in [9.17, 15) is 4.79 Å². The lowest BCUT2D eigenvalue weighted by Gasteiger charge is -2.32. The molecule has 4 nitrogen and oxygen atoms in total. The molecule has 1 atom stereocenters. The third kappa shape index (κ3) is 6.43. The average molecular weight is 403 g/mol. The van der Waals surface area contributed by atoms with Crippen molar-refractivity contribution in [2.75, 3.05) is 0 Å². The van der Waals surface area contributed by atoms with Crippen molar-refractivity contribution < 1.29 is 9.53 Å². The normalized spacial score (nSPS) is 23.3. The highest BCUT2D eigenvalue weighted by Crippen LogP contribution is 2.29. The van der Waals surface area contributed by atoms with E-state index in [1.807, 2.05) is 20.8 Å². The van der Waals surface area contributed by atoms with E-state index in [1.54, 1.807) is 11.3 Å². The van der Waals surface area contributed by atoms with Gasteiger partial charge in [-0.1, -0.05) is 0 Å². The quantitative estimate of drug-likeness (QED) is 0.744. The van der Waals surface area contributed by atoms with Gasteiger partial charge >= 0.3 is 6.09 Å². The van der Waals surface area contributed by atoms with Gasteiger partial charge in [0.1, 0.15) is 5.60 Å². The molecular weight excluding hydrogens is 376 g/mol. The van der Waals surface area contributed by atoms with E-state index in [2.05, 4.69) is 45.6 Å². The Balaban J connectivity index is 1.72. The van der Waals surface area contributed by atoms with Gasteiger partial charge in [-0.15, -0.1) is 11.3 Å². The number of amides is 1. The van der Waals surface area contributed by atoms with Gasteiger partial charge in [0.15, 0.2) is 0 Å². The van der Waals surface area contributed by atoms with Crippen molar-refractivity contribution in [3.63, 3.8) is 0 Å². The molecule has 1 amide bonds. The van der Waals surface area contributed by atoms with Crippen LogP contribution in [0.25, 0.3) is 0 Å². The lowest BCUT2D eigenvalue weighted by atomic mass is 9.91. The summed E-state index contributed by atoms with van der Waals surface area (Å²) in [5.74, 6) is 0. The lowest BCUT2D eigenvalue weighted by Crippen LogP contribution is -2.44. The van der Waals surface area contributed by atoms with Gasteiger partial charge < -0.3 is 15.4 Å². The maximum Gasteiger partial charge on any atom is 0.407 e. The molecule has 1 aliphatic carbocycles. The smallest absolute Gasteiger partial charge is 0.407 e. The Morgan fingerprint density at radius 3 is 2.39 bits per heavy atom.